The minimum Gasteiger partial charge on any atom is -0.384 e. The molecule has 0 unspecified atom stereocenters. The molecule has 114 valence electrons. The summed E-state index contributed by atoms with van der Waals surface area (Å²) >= 11 is 0. The number of nitrogens with one attached hydrogen (secondary N) is 2. The maximum Gasteiger partial charge on any atom is 0.255 e. The Hall–Kier alpha value is -3.41. The van der Waals surface area contributed by atoms with Crippen LogP contribution in [0.25, 0.3) is 0 Å². The standard InChI is InChI=1S/C17H15N5O/c18-15-10-11-19-17(22-15)21-14-8-6-13(7-9-14)20-16(23)12-4-2-1-3-5-12/h1-11H,(H,20,23)(H3,18,19,21,22). The summed E-state index contributed by atoms with van der Waals surface area (Å²) in [5, 5.41) is 5.88. The van der Waals surface area contributed by atoms with E-state index < -0.39 is 0 Å². The SMILES string of the molecule is Nc1ccnc(Nc2ccc(NC(=O)c3ccccc3)cc2)n1. The van der Waals surface area contributed by atoms with Crippen LogP contribution in [0.4, 0.5) is 23.1 Å². The van der Waals surface area contributed by atoms with Crippen LogP contribution in [0.15, 0.2) is 66.9 Å². The second kappa shape index (κ2) is 6.57. The molecule has 0 bridgehead atoms. The van der Waals surface area contributed by atoms with E-state index in [1.807, 2.05) is 30.3 Å². The van der Waals surface area contributed by atoms with E-state index >= 15 is 0 Å². The van der Waals surface area contributed by atoms with Crippen molar-refractivity contribution in [3.63, 3.8) is 0 Å². The minimum absolute atomic E-state index is 0.148. The first-order valence-corrected chi connectivity index (χ1v) is 7.03. The number of nitrogen functional groups attached to an aromatic ring is 1. The van der Waals surface area contributed by atoms with Crippen molar-refractivity contribution in [2.24, 2.45) is 0 Å². The first-order valence-electron chi connectivity index (χ1n) is 7.03. The number of benzene rings is 2. The summed E-state index contributed by atoms with van der Waals surface area (Å²) in [5.41, 5.74) is 7.73. The Morgan fingerprint density at radius 3 is 2.30 bits per heavy atom. The highest BCUT2D eigenvalue weighted by Crippen LogP contribution is 2.17. The number of carbonyl (C=O) groups excluding carboxylic acids is 1. The lowest BCUT2D eigenvalue weighted by Gasteiger charge is -2.08. The summed E-state index contributed by atoms with van der Waals surface area (Å²) in [4.78, 5) is 20.2. The average Bonchev–Trinajstić information content (AvgIpc) is 2.57. The van der Waals surface area contributed by atoms with Gasteiger partial charge in [0.15, 0.2) is 0 Å². The van der Waals surface area contributed by atoms with Gasteiger partial charge in [-0.25, -0.2) is 4.98 Å². The number of rotatable bonds is 4. The second-order valence-corrected chi connectivity index (χ2v) is 4.83. The van der Waals surface area contributed by atoms with Gasteiger partial charge in [-0.05, 0) is 42.5 Å². The molecule has 0 aliphatic heterocycles. The Kier molecular flexibility index (Phi) is 4.15. The molecule has 0 saturated carbocycles. The monoisotopic (exact) mass is 305 g/mol. The molecule has 3 rings (SSSR count). The Morgan fingerprint density at radius 1 is 0.913 bits per heavy atom. The van der Waals surface area contributed by atoms with Crippen LogP contribution in [-0.2, 0) is 0 Å². The predicted molar refractivity (Wildman–Crippen MR) is 90.6 cm³/mol. The van der Waals surface area contributed by atoms with Crippen molar-refractivity contribution >= 4 is 29.0 Å². The molecule has 0 saturated heterocycles. The third kappa shape index (κ3) is 3.82. The third-order valence-electron chi connectivity index (χ3n) is 3.11. The minimum atomic E-state index is -0.148. The fraction of sp³-hybridized carbons (Fsp3) is 0. The summed E-state index contributed by atoms with van der Waals surface area (Å²) in [6.45, 7) is 0. The zero-order chi connectivity index (χ0) is 16.1. The van der Waals surface area contributed by atoms with Gasteiger partial charge in [-0.3, -0.25) is 4.79 Å². The summed E-state index contributed by atoms with van der Waals surface area (Å²) < 4.78 is 0. The zero-order valence-corrected chi connectivity index (χ0v) is 12.2. The molecule has 2 aromatic carbocycles. The maximum absolute atomic E-state index is 12.1. The Balaban J connectivity index is 1.66. The highest BCUT2D eigenvalue weighted by molar-refractivity contribution is 6.04. The van der Waals surface area contributed by atoms with Gasteiger partial charge in [-0.2, -0.15) is 4.98 Å². The number of nitrogens with two attached hydrogens (primary N) is 1. The van der Waals surface area contributed by atoms with E-state index in [0.717, 1.165) is 5.69 Å². The van der Waals surface area contributed by atoms with Gasteiger partial charge in [0, 0.05) is 23.1 Å². The number of anilines is 4. The van der Waals surface area contributed by atoms with E-state index in [-0.39, 0.29) is 5.91 Å². The first-order chi connectivity index (χ1) is 11.2. The van der Waals surface area contributed by atoms with Crippen LogP contribution in [0.2, 0.25) is 0 Å². The lowest BCUT2D eigenvalue weighted by Crippen LogP contribution is -2.11. The van der Waals surface area contributed by atoms with Crippen molar-refractivity contribution in [2.75, 3.05) is 16.4 Å². The summed E-state index contributed by atoms with van der Waals surface area (Å²) in [7, 11) is 0. The molecular formula is C17H15N5O. The van der Waals surface area contributed by atoms with Gasteiger partial charge in [0.2, 0.25) is 5.95 Å². The molecular weight excluding hydrogens is 290 g/mol. The third-order valence-corrected chi connectivity index (χ3v) is 3.11. The van der Waals surface area contributed by atoms with E-state index in [9.17, 15) is 4.79 Å². The lowest BCUT2D eigenvalue weighted by molar-refractivity contribution is 0.102. The average molecular weight is 305 g/mol. The van der Waals surface area contributed by atoms with Gasteiger partial charge in [-0.1, -0.05) is 18.2 Å². The Labute approximate surface area is 133 Å². The maximum atomic E-state index is 12.1. The van der Waals surface area contributed by atoms with Crippen molar-refractivity contribution < 1.29 is 4.79 Å². The van der Waals surface area contributed by atoms with Gasteiger partial charge < -0.3 is 16.4 Å². The van der Waals surface area contributed by atoms with Crippen molar-refractivity contribution in [2.45, 2.75) is 0 Å². The molecule has 0 spiro atoms. The molecule has 1 aromatic heterocycles. The van der Waals surface area contributed by atoms with Crippen molar-refractivity contribution in [1.82, 2.24) is 9.97 Å². The number of carbonyl (C=O) groups is 1. The zero-order valence-electron chi connectivity index (χ0n) is 12.2. The number of hydrogen-bond acceptors (Lipinski definition) is 5. The molecule has 1 amide bonds. The predicted octanol–water partition coefficient (Wildman–Crippen LogP) is 3.05. The summed E-state index contributed by atoms with van der Waals surface area (Å²) in [5.74, 6) is 0.672. The van der Waals surface area contributed by atoms with Crippen LogP contribution >= 0.6 is 0 Å². The smallest absolute Gasteiger partial charge is 0.255 e. The van der Waals surface area contributed by atoms with Gasteiger partial charge in [0.25, 0.3) is 5.91 Å². The van der Waals surface area contributed by atoms with Crippen LogP contribution in [-0.4, -0.2) is 15.9 Å². The largest absolute Gasteiger partial charge is 0.384 e. The molecule has 0 aliphatic rings. The Morgan fingerprint density at radius 2 is 1.61 bits per heavy atom. The number of hydrogen-bond donors (Lipinski definition) is 3. The van der Waals surface area contributed by atoms with Gasteiger partial charge in [0.05, 0.1) is 0 Å². The molecule has 0 aliphatic carbocycles. The summed E-state index contributed by atoms with van der Waals surface area (Å²) in [6, 6.07) is 17.9. The fourth-order valence-corrected chi connectivity index (χ4v) is 1.99. The van der Waals surface area contributed by atoms with E-state index in [2.05, 4.69) is 20.6 Å². The van der Waals surface area contributed by atoms with Crippen LogP contribution < -0.4 is 16.4 Å². The lowest BCUT2D eigenvalue weighted by atomic mass is 10.2. The molecule has 0 radical (unpaired) electrons. The van der Waals surface area contributed by atoms with Gasteiger partial charge in [-0.15, -0.1) is 0 Å². The van der Waals surface area contributed by atoms with Crippen LogP contribution in [0, 0.1) is 0 Å². The Bertz CT molecular complexity index is 803. The van der Waals surface area contributed by atoms with Crippen LogP contribution in [0.1, 0.15) is 10.4 Å². The van der Waals surface area contributed by atoms with Crippen LogP contribution in [0.5, 0.6) is 0 Å². The molecule has 4 N–H and O–H groups in total. The van der Waals surface area contributed by atoms with E-state index in [0.29, 0.717) is 23.0 Å². The normalized spacial score (nSPS) is 10.1. The number of amides is 1. The molecule has 23 heavy (non-hydrogen) atoms. The van der Waals surface area contributed by atoms with Crippen LogP contribution in [0.3, 0.4) is 0 Å². The van der Waals surface area contributed by atoms with Crippen molar-refractivity contribution in [3.8, 4) is 0 Å². The van der Waals surface area contributed by atoms with Gasteiger partial charge >= 0.3 is 0 Å². The molecule has 1 heterocycles. The number of nitrogens with zero attached hydrogens (tertiary/aromatic N) is 2. The van der Waals surface area contributed by atoms with Crippen molar-refractivity contribution in [1.29, 1.82) is 0 Å². The highest BCUT2D eigenvalue weighted by Gasteiger charge is 2.05. The molecule has 0 atom stereocenters. The summed E-state index contributed by atoms with van der Waals surface area (Å²) in [6.07, 6.45) is 1.58. The molecule has 6 nitrogen and oxygen atoms in total. The van der Waals surface area contributed by atoms with E-state index in [4.69, 9.17) is 5.73 Å². The van der Waals surface area contributed by atoms with Gasteiger partial charge in [0.1, 0.15) is 5.82 Å². The fourth-order valence-electron chi connectivity index (χ4n) is 1.99. The molecule has 3 aromatic rings. The first kappa shape index (κ1) is 14.5. The second-order valence-electron chi connectivity index (χ2n) is 4.83. The topological polar surface area (TPSA) is 92.9 Å². The van der Waals surface area contributed by atoms with E-state index in [1.54, 1.807) is 36.5 Å². The quantitative estimate of drug-likeness (QED) is 0.689. The molecule has 6 heteroatoms. The molecule has 0 fully saturated rings. The highest BCUT2D eigenvalue weighted by atomic mass is 16.1. The van der Waals surface area contributed by atoms with Crippen molar-refractivity contribution in [3.05, 3.63) is 72.4 Å². The van der Waals surface area contributed by atoms with E-state index in [1.165, 1.54) is 0 Å². The number of aromatic nitrogens is 2.